The second-order valence-electron chi connectivity index (χ2n) is 6.11. The van der Waals surface area contributed by atoms with Gasteiger partial charge in [-0.2, -0.15) is 0 Å². The summed E-state index contributed by atoms with van der Waals surface area (Å²) >= 11 is 12.3. The average molecular weight is 445 g/mol. The van der Waals surface area contributed by atoms with Gasteiger partial charge in [-0.1, -0.05) is 48.3 Å². The van der Waals surface area contributed by atoms with Crippen LogP contribution in [0.1, 0.15) is 18.9 Å². The number of methoxy groups -OCH3 is 1. The fourth-order valence-electron chi connectivity index (χ4n) is 2.79. The molecule has 1 unspecified atom stereocenters. The molecule has 0 saturated heterocycles. The van der Waals surface area contributed by atoms with Crippen LogP contribution in [0.5, 0.6) is 5.75 Å². The molecule has 0 aromatic heterocycles. The number of carbonyl (C=O) groups excluding carboxylic acids is 1. The predicted octanol–water partition coefficient (Wildman–Crippen LogP) is 3.86. The Morgan fingerprint density at radius 1 is 1.18 bits per heavy atom. The molecule has 0 aliphatic carbocycles. The van der Waals surface area contributed by atoms with Crippen LogP contribution in [-0.4, -0.2) is 33.7 Å². The van der Waals surface area contributed by atoms with Crippen molar-refractivity contribution < 1.29 is 17.9 Å². The molecule has 1 atom stereocenters. The van der Waals surface area contributed by atoms with E-state index in [4.69, 9.17) is 27.9 Å². The SMILES string of the molecule is CCC(C(=O)NCc1ccccc1Cl)N(c1ccc(OC)c(Cl)c1)S(C)(=O)=O. The molecule has 1 amide bonds. The first-order chi connectivity index (χ1) is 13.2. The number of carbonyl (C=O) groups is 1. The monoisotopic (exact) mass is 444 g/mol. The topological polar surface area (TPSA) is 75.7 Å². The zero-order valence-electron chi connectivity index (χ0n) is 15.8. The second kappa shape index (κ2) is 9.49. The van der Waals surface area contributed by atoms with Crippen molar-refractivity contribution in [2.24, 2.45) is 0 Å². The normalized spacial score (nSPS) is 12.3. The van der Waals surface area contributed by atoms with E-state index in [0.717, 1.165) is 16.1 Å². The third-order valence-electron chi connectivity index (χ3n) is 4.13. The van der Waals surface area contributed by atoms with Crippen LogP contribution in [0.3, 0.4) is 0 Å². The molecule has 152 valence electrons. The molecule has 9 heteroatoms. The Morgan fingerprint density at radius 3 is 2.39 bits per heavy atom. The molecule has 0 radical (unpaired) electrons. The van der Waals surface area contributed by atoms with E-state index >= 15 is 0 Å². The molecule has 2 rings (SSSR count). The molecule has 0 aliphatic heterocycles. The van der Waals surface area contributed by atoms with Crippen LogP contribution in [-0.2, 0) is 21.4 Å². The van der Waals surface area contributed by atoms with E-state index in [0.29, 0.717) is 10.8 Å². The molecule has 0 spiro atoms. The van der Waals surface area contributed by atoms with Gasteiger partial charge >= 0.3 is 0 Å². The fraction of sp³-hybridized carbons (Fsp3) is 0.316. The summed E-state index contributed by atoms with van der Waals surface area (Å²) in [5.74, 6) is -0.0186. The number of halogens is 2. The minimum absolute atomic E-state index is 0.190. The Labute approximate surface area is 175 Å². The van der Waals surface area contributed by atoms with Crippen molar-refractivity contribution in [3.63, 3.8) is 0 Å². The lowest BCUT2D eigenvalue weighted by Crippen LogP contribution is -2.49. The molecule has 0 aliphatic rings. The van der Waals surface area contributed by atoms with Crippen molar-refractivity contribution >= 4 is 44.8 Å². The number of hydrogen-bond donors (Lipinski definition) is 1. The van der Waals surface area contributed by atoms with Gasteiger partial charge in [0.2, 0.25) is 15.9 Å². The quantitative estimate of drug-likeness (QED) is 0.670. The molecule has 2 aromatic carbocycles. The van der Waals surface area contributed by atoms with Gasteiger partial charge in [-0.05, 0) is 36.2 Å². The second-order valence-corrected chi connectivity index (χ2v) is 8.78. The first-order valence-corrected chi connectivity index (χ1v) is 11.1. The minimum Gasteiger partial charge on any atom is -0.495 e. The van der Waals surface area contributed by atoms with Gasteiger partial charge < -0.3 is 10.1 Å². The molecule has 0 bridgehead atoms. The standard InChI is InChI=1S/C19H22Cl2N2O4S/c1-4-17(19(24)22-12-13-7-5-6-8-15(13)20)23(28(3,25)26)14-9-10-18(27-2)16(21)11-14/h5-11,17H,4,12H2,1-3H3,(H,22,24). The van der Waals surface area contributed by atoms with Crippen LogP contribution in [0.4, 0.5) is 5.69 Å². The van der Waals surface area contributed by atoms with E-state index in [9.17, 15) is 13.2 Å². The summed E-state index contributed by atoms with van der Waals surface area (Å²) in [5, 5.41) is 3.54. The van der Waals surface area contributed by atoms with E-state index in [2.05, 4.69) is 5.32 Å². The van der Waals surface area contributed by atoms with Crippen molar-refractivity contribution in [1.29, 1.82) is 0 Å². The number of benzene rings is 2. The number of rotatable bonds is 8. The van der Waals surface area contributed by atoms with Gasteiger partial charge in [0.15, 0.2) is 0 Å². The smallest absolute Gasteiger partial charge is 0.244 e. The number of anilines is 1. The molecule has 0 heterocycles. The maximum absolute atomic E-state index is 12.8. The Hall–Kier alpha value is -1.96. The third-order valence-corrected chi connectivity index (χ3v) is 5.97. The van der Waals surface area contributed by atoms with Gasteiger partial charge in [-0.25, -0.2) is 8.42 Å². The van der Waals surface area contributed by atoms with Gasteiger partial charge in [-0.15, -0.1) is 0 Å². The lowest BCUT2D eigenvalue weighted by atomic mass is 10.1. The molecule has 28 heavy (non-hydrogen) atoms. The van der Waals surface area contributed by atoms with Gasteiger partial charge in [0.1, 0.15) is 11.8 Å². The molecule has 1 N–H and O–H groups in total. The maximum Gasteiger partial charge on any atom is 0.244 e. The van der Waals surface area contributed by atoms with E-state index in [1.165, 1.54) is 13.2 Å². The number of amides is 1. The van der Waals surface area contributed by atoms with E-state index in [1.54, 1.807) is 37.3 Å². The highest BCUT2D eigenvalue weighted by molar-refractivity contribution is 7.92. The van der Waals surface area contributed by atoms with Gasteiger partial charge in [-0.3, -0.25) is 9.10 Å². The third kappa shape index (κ3) is 5.31. The molecule has 0 fully saturated rings. The molecule has 2 aromatic rings. The van der Waals surface area contributed by atoms with E-state index < -0.39 is 22.0 Å². The zero-order chi connectivity index (χ0) is 20.9. The summed E-state index contributed by atoms with van der Waals surface area (Å²) in [4.78, 5) is 12.8. The number of sulfonamides is 1. The first-order valence-electron chi connectivity index (χ1n) is 8.53. The molecular weight excluding hydrogens is 423 g/mol. The summed E-state index contributed by atoms with van der Waals surface area (Å²) in [7, 11) is -2.29. The number of ether oxygens (including phenoxy) is 1. The van der Waals surface area contributed by atoms with E-state index in [1.807, 2.05) is 6.07 Å². The number of nitrogens with zero attached hydrogens (tertiary/aromatic N) is 1. The number of hydrogen-bond acceptors (Lipinski definition) is 4. The van der Waals surface area contributed by atoms with Crippen molar-refractivity contribution in [2.75, 3.05) is 17.7 Å². The highest BCUT2D eigenvalue weighted by Crippen LogP contribution is 2.31. The molecular formula is C19H22Cl2N2O4S. The molecule has 0 saturated carbocycles. The zero-order valence-corrected chi connectivity index (χ0v) is 18.1. The Balaban J connectivity index is 2.31. The Kier molecular flexibility index (Phi) is 7.57. The van der Waals surface area contributed by atoms with Crippen molar-refractivity contribution in [2.45, 2.75) is 25.9 Å². The summed E-state index contributed by atoms with van der Waals surface area (Å²) in [6.07, 6.45) is 1.32. The summed E-state index contributed by atoms with van der Waals surface area (Å²) < 4.78 is 31.1. The van der Waals surface area contributed by atoms with Crippen molar-refractivity contribution in [3.05, 3.63) is 58.1 Å². The Morgan fingerprint density at radius 2 is 1.86 bits per heavy atom. The van der Waals surface area contributed by atoms with E-state index in [-0.39, 0.29) is 23.7 Å². The van der Waals surface area contributed by atoms with Crippen LogP contribution in [0.15, 0.2) is 42.5 Å². The predicted molar refractivity (Wildman–Crippen MR) is 113 cm³/mol. The highest BCUT2D eigenvalue weighted by atomic mass is 35.5. The summed E-state index contributed by atoms with van der Waals surface area (Å²) in [6, 6.07) is 10.8. The molecule has 6 nitrogen and oxygen atoms in total. The Bertz CT molecular complexity index is 951. The van der Waals surface area contributed by atoms with Crippen LogP contribution in [0.25, 0.3) is 0 Å². The fourth-order valence-corrected chi connectivity index (χ4v) is 4.45. The van der Waals surface area contributed by atoms with Crippen molar-refractivity contribution in [1.82, 2.24) is 5.32 Å². The minimum atomic E-state index is -3.75. The maximum atomic E-state index is 12.8. The van der Waals surface area contributed by atoms with Gasteiger partial charge in [0, 0.05) is 11.6 Å². The lowest BCUT2D eigenvalue weighted by Gasteiger charge is -2.30. The van der Waals surface area contributed by atoms with Crippen LogP contribution in [0, 0.1) is 0 Å². The number of nitrogens with one attached hydrogen (secondary N) is 1. The lowest BCUT2D eigenvalue weighted by molar-refractivity contribution is -0.122. The van der Waals surface area contributed by atoms with Crippen LogP contribution < -0.4 is 14.4 Å². The largest absolute Gasteiger partial charge is 0.495 e. The highest BCUT2D eigenvalue weighted by Gasteiger charge is 2.31. The van der Waals surface area contributed by atoms with Crippen LogP contribution >= 0.6 is 23.2 Å². The van der Waals surface area contributed by atoms with Gasteiger partial charge in [0.25, 0.3) is 0 Å². The average Bonchev–Trinajstić information content (AvgIpc) is 2.64. The summed E-state index contributed by atoms with van der Waals surface area (Å²) in [6.45, 7) is 1.93. The first kappa shape index (κ1) is 22.3. The van der Waals surface area contributed by atoms with Crippen molar-refractivity contribution in [3.8, 4) is 5.75 Å². The summed E-state index contributed by atoms with van der Waals surface area (Å²) in [5.41, 5.74) is 1.03. The van der Waals surface area contributed by atoms with Gasteiger partial charge in [0.05, 0.1) is 24.1 Å². The van der Waals surface area contributed by atoms with Crippen LogP contribution in [0.2, 0.25) is 10.0 Å².